The van der Waals surface area contributed by atoms with Gasteiger partial charge < -0.3 is 0 Å². The highest BCUT2D eigenvalue weighted by Crippen LogP contribution is 2.11. The van der Waals surface area contributed by atoms with Gasteiger partial charge in [-0.05, 0) is 24.3 Å². The fourth-order valence-electron chi connectivity index (χ4n) is 1.66. The first-order valence-corrected chi connectivity index (χ1v) is 7.32. The van der Waals surface area contributed by atoms with E-state index in [1.165, 1.54) is 37.4 Å². The van der Waals surface area contributed by atoms with Crippen molar-refractivity contribution in [3.8, 4) is 0 Å². The number of rotatable bonds is 3. The summed E-state index contributed by atoms with van der Waals surface area (Å²) >= 11 is 0. The van der Waals surface area contributed by atoms with Crippen molar-refractivity contribution in [2.75, 3.05) is 7.05 Å². The fourth-order valence-corrected chi connectivity index (χ4v) is 2.75. The Morgan fingerprint density at radius 3 is 2.25 bits per heavy atom. The number of aliphatic imine (C=N–C) groups is 1. The zero-order valence-electron chi connectivity index (χ0n) is 10.7. The molecular formula is C14H13FN2O2S. The molecule has 0 heterocycles. The second-order valence-electron chi connectivity index (χ2n) is 3.97. The molecule has 0 aromatic heterocycles. The van der Waals surface area contributed by atoms with E-state index in [4.69, 9.17) is 0 Å². The Labute approximate surface area is 117 Å². The van der Waals surface area contributed by atoms with E-state index in [-0.39, 0.29) is 16.3 Å². The topological polar surface area (TPSA) is 58.5 Å². The average Bonchev–Trinajstić information content (AvgIpc) is 2.46. The van der Waals surface area contributed by atoms with Crippen LogP contribution in [0.5, 0.6) is 0 Å². The van der Waals surface area contributed by atoms with Gasteiger partial charge in [-0.3, -0.25) is 9.71 Å². The first-order chi connectivity index (χ1) is 9.54. The van der Waals surface area contributed by atoms with Crippen molar-refractivity contribution < 1.29 is 12.8 Å². The van der Waals surface area contributed by atoms with E-state index in [9.17, 15) is 12.8 Å². The van der Waals surface area contributed by atoms with Crippen LogP contribution in [0.3, 0.4) is 0 Å². The molecule has 2 rings (SSSR count). The molecule has 2 aromatic rings. The van der Waals surface area contributed by atoms with Crippen LogP contribution in [0, 0.1) is 5.82 Å². The molecule has 0 saturated carbocycles. The Morgan fingerprint density at radius 1 is 1.05 bits per heavy atom. The summed E-state index contributed by atoms with van der Waals surface area (Å²) in [7, 11) is -2.39. The van der Waals surface area contributed by atoms with Crippen LogP contribution in [0.4, 0.5) is 4.39 Å². The number of nitrogens with one attached hydrogen (secondary N) is 1. The standard InChI is InChI=1S/C14H13FN2O2S/c1-16-14(12-9-5-6-10-13(12)15)17-20(18,19)11-7-3-2-4-8-11/h2-10H,1H3,(H,16,17). The molecule has 0 fully saturated rings. The Hall–Kier alpha value is -2.21. The summed E-state index contributed by atoms with van der Waals surface area (Å²) in [6.07, 6.45) is 0. The number of benzene rings is 2. The maximum atomic E-state index is 13.7. The first kappa shape index (κ1) is 14.2. The molecule has 0 amide bonds. The molecule has 0 spiro atoms. The van der Waals surface area contributed by atoms with Crippen LogP contribution in [0.2, 0.25) is 0 Å². The van der Waals surface area contributed by atoms with E-state index in [1.807, 2.05) is 0 Å². The molecule has 0 radical (unpaired) electrons. The minimum atomic E-state index is -3.78. The minimum absolute atomic E-state index is 0.0352. The smallest absolute Gasteiger partial charge is 0.263 e. The Bertz CT molecular complexity index is 728. The lowest BCUT2D eigenvalue weighted by atomic mass is 10.2. The SMILES string of the molecule is CN=C(NS(=O)(=O)c1ccccc1)c1ccccc1F. The highest BCUT2D eigenvalue weighted by atomic mass is 32.2. The van der Waals surface area contributed by atoms with Gasteiger partial charge in [0.15, 0.2) is 0 Å². The van der Waals surface area contributed by atoms with Gasteiger partial charge in [0.05, 0.1) is 10.5 Å². The van der Waals surface area contributed by atoms with Gasteiger partial charge in [-0.1, -0.05) is 30.3 Å². The van der Waals surface area contributed by atoms with Crippen LogP contribution < -0.4 is 4.72 Å². The van der Waals surface area contributed by atoms with Crippen molar-refractivity contribution >= 4 is 15.9 Å². The average molecular weight is 292 g/mol. The van der Waals surface area contributed by atoms with Gasteiger partial charge in [0, 0.05) is 7.05 Å². The number of hydrogen-bond acceptors (Lipinski definition) is 3. The predicted octanol–water partition coefficient (Wildman–Crippen LogP) is 2.18. The van der Waals surface area contributed by atoms with Crippen molar-refractivity contribution in [1.29, 1.82) is 0 Å². The molecule has 0 aliphatic heterocycles. The molecule has 4 nitrogen and oxygen atoms in total. The lowest BCUT2D eigenvalue weighted by Gasteiger charge is -2.11. The summed E-state index contributed by atoms with van der Waals surface area (Å²) in [6, 6.07) is 13.7. The van der Waals surface area contributed by atoms with Gasteiger partial charge in [0.25, 0.3) is 10.0 Å². The third-order valence-electron chi connectivity index (χ3n) is 2.64. The summed E-state index contributed by atoms with van der Waals surface area (Å²) in [6.45, 7) is 0. The molecule has 0 saturated heterocycles. The van der Waals surface area contributed by atoms with Crippen LogP contribution in [0.15, 0.2) is 64.5 Å². The third kappa shape index (κ3) is 3.03. The second kappa shape index (κ2) is 5.83. The predicted molar refractivity (Wildman–Crippen MR) is 75.6 cm³/mol. The number of halogens is 1. The summed E-state index contributed by atoms with van der Waals surface area (Å²) in [4.78, 5) is 3.91. The van der Waals surface area contributed by atoms with Crippen molar-refractivity contribution in [3.63, 3.8) is 0 Å². The normalized spacial score (nSPS) is 12.2. The summed E-state index contributed by atoms with van der Waals surface area (Å²) < 4.78 is 40.3. The van der Waals surface area contributed by atoms with Gasteiger partial charge in [0.2, 0.25) is 0 Å². The zero-order valence-corrected chi connectivity index (χ0v) is 11.6. The molecule has 0 aliphatic rings. The molecule has 0 unspecified atom stereocenters. The van der Waals surface area contributed by atoms with Crippen LogP contribution in [-0.2, 0) is 10.0 Å². The molecular weight excluding hydrogens is 279 g/mol. The van der Waals surface area contributed by atoms with Gasteiger partial charge in [0.1, 0.15) is 11.7 Å². The van der Waals surface area contributed by atoms with Crippen LogP contribution in [-0.4, -0.2) is 21.3 Å². The lowest BCUT2D eigenvalue weighted by Crippen LogP contribution is -2.32. The van der Waals surface area contributed by atoms with Crippen LogP contribution in [0.25, 0.3) is 0 Å². The Balaban J connectivity index is 2.36. The van der Waals surface area contributed by atoms with E-state index < -0.39 is 15.8 Å². The van der Waals surface area contributed by atoms with Crippen molar-refractivity contribution in [1.82, 2.24) is 4.72 Å². The molecule has 2 aromatic carbocycles. The monoisotopic (exact) mass is 292 g/mol. The molecule has 20 heavy (non-hydrogen) atoms. The third-order valence-corrected chi connectivity index (χ3v) is 3.99. The van der Waals surface area contributed by atoms with Crippen molar-refractivity contribution in [2.24, 2.45) is 4.99 Å². The highest BCUT2D eigenvalue weighted by Gasteiger charge is 2.18. The number of amidine groups is 1. The maximum absolute atomic E-state index is 13.7. The van der Waals surface area contributed by atoms with Gasteiger partial charge in [-0.2, -0.15) is 0 Å². The van der Waals surface area contributed by atoms with E-state index in [2.05, 4.69) is 9.71 Å². The van der Waals surface area contributed by atoms with Gasteiger partial charge in [-0.25, -0.2) is 12.8 Å². The fraction of sp³-hybridized carbons (Fsp3) is 0.0714. The Morgan fingerprint density at radius 2 is 1.65 bits per heavy atom. The number of hydrogen-bond donors (Lipinski definition) is 1. The van der Waals surface area contributed by atoms with E-state index in [0.29, 0.717) is 0 Å². The molecule has 0 atom stereocenters. The van der Waals surface area contributed by atoms with E-state index in [0.717, 1.165) is 0 Å². The zero-order chi connectivity index (χ0) is 14.6. The summed E-state index contributed by atoms with van der Waals surface area (Å²) in [5.41, 5.74) is 0.106. The highest BCUT2D eigenvalue weighted by molar-refractivity contribution is 7.90. The molecule has 1 N–H and O–H groups in total. The number of sulfonamides is 1. The quantitative estimate of drug-likeness (QED) is 0.696. The largest absolute Gasteiger partial charge is 0.271 e. The Kier molecular flexibility index (Phi) is 4.14. The molecule has 104 valence electrons. The van der Waals surface area contributed by atoms with Crippen LogP contribution in [0.1, 0.15) is 5.56 Å². The molecule has 6 heteroatoms. The van der Waals surface area contributed by atoms with E-state index in [1.54, 1.807) is 24.3 Å². The second-order valence-corrected chi connectivity index (χ2v) is 5.65. The van der Waals surface area contributed by atoms with Gasteiger partial charge in [-0.15, -0.1) is 0 Å². The lowest BCUT2D eigenvalue weighted by molar-refractivity contribution is 0.592. The minimum Gasteiger partial charge on any atom is -0.271 e. The maximum Gasteiger partial charge on any atom is 0.263 e. The van der Waals surface area contributed by atoms with Crippen LogP contribution >= 0.6 is 0 Å². The van der Waals surface area contributed by atoms with E-state index >= 15 is 0 Å². The van der Waals surface area contributed by atoms with Crippen molar-refractivity contribution in [2.45, 2.75) is 4.90 Å². The molecule has 0 bridgehead atoms. The van der Waals surface area contributed by atoms with Gasteiger partial charge >= 0.3 is 0 Å². The summed E-state index contributed by atoms with van der Waals surface area (Å²) in [5.74, 6) is -0.573. The first-order valence-electron chi connectivity index (χ1n) is 5.84. The van der Waals surface area contributed by atoms with Crippen molar-refractivity contribution in [3.05, 3.63) is 66.0 Å². The number of nitrogens with zero attached hydrogens (tertiary/aromatic N) is 1. The molecule has 0 aliphatic carbocycles. The summed E-state index contributed by atoms with van der Waals surface area (Å²) in [5, 5.41) is 0.